The second-order valence-electron chi connectivity index (χ2n) is 4.32. The highest BCUT2D eigenvalue weighted by Gasteiger charge is 2.32. The van der Waals surface area contributed by atoms with Gasteiger partial charge in [0.1, 0.15) is 0 Å². The second kappa shape index (κ2) is 6.02. The normalized spacial score (nSPS) is 15.5. The molecule has 0 aromatic heterocycles. The second-order valence-corrected chi connectivity index (χ2v) is 4.32. The lowest BCUT2D eigenvalue weighted by Crippen LogP contribution is -2.38. The Morgan fingerprint density at radius 3 is 2.43 bits per heavy atom. The van der Waals surface area contributed by atoms with E-state index in [-0.39, 0.29) is 0 Å². The summed E-state index contributed by atoms with van der Waals surface area (Å²) in [6.07, 6.45) is 2.30. The molecule has 0 amide bonds. The highest BCUT2D eigenvalue weighted by Crippen LogP contribution is 2.19. The fourth-order valence-corrected chi connectivity index (χ4v) is 1.24. The molecule has 0 aromatic rings. The monoisotopic (exact) mass is 202 g/mol. The number of aliphatic carboxylic acids is 1. The highest BCUT2D eigenvalue weighted by atomic mass is 16.5. The average molecular weight is 202 g/mol. The van der Waals surface area contributed by atoms with Gasteiger partial charge in [0.25, 0.3) is 0 Å². The first-order chi connectivity index (χ1) is 6.42. The molecule has 1 atom stereocenters. The van der Waals surface area contributed by atoms with Crippen molar-refractivity contribution in [2.45, 2.75) is 52.6 Å². The van der Waals surface area contributed by atoms with E-state index >= 15 is 0 Å². The summed E-state index contributed by atoms with van der Waals surface area (Å²) in [5.41, 5.74) is -0.996. The van der Waals surface area contributed by atoms with Gasteiger partial charge in [0.15, 0.2) is 5.60 Å². The van der Waals surface area contributed by atoms with Crippen molar-refractivity contribution in [3.8, 4) is 0 Å². The zero-order chi connectivity index (χ0) is 11.2. The molecule has 0 saturated carbocycles. The van der Waals surface area contributed by atoms with Crippen LogP contribution in [0.1, 0.15) is 47.0 Å². The molecule has 0 aliphatic carbocycles. The minimum absolute atomic E-state index is 0.528. The first-order valence-corrected chi connectivity index (χ1v) is 5.29. The fourth-order valence-electron chi connectivity index (χ4n) is 1.24. The largest absolute Gasteiger partial charge is 0.479 e. The molecule has 0 spiro atoms. The third-order valence-corrected chi connectivity index (χ3v) is 2.30. The van der Waals surface area contributed by atoms with E-state index in [1.54, 1.807) is 6.92 Å². The van der Waals surface area contributed by atoms with Crippen molar-refractivity contribution in [1.29, 1.82) is 0 Å². The van der Waals surface area contributed by atoms with Gasteiger partial charge in [-0.15, -0.1) is 0 Å². The Kier molecular flexibility index (Phi) is 5.77. The Morgan fingerprint density at radius 1 is 1.50 bits per heavy atom. The number of carbonyl (C=O) groups is 1. The molecule has 0 aromatic carbocycles. The standard InChI is InChI=1S/C11H22O3/c1-5-7-11(4,10(12)13)14-8-6-9(2)3/h9H,5-8H2,1-4H3,(H,12,13). The first-order valence-electron chi connectivity index (χ1n) is 5.29. The van der Waals surface area contributed by atoms with Crippen LogP contribution in [0.15, 0.2) is 0 Å². The summed E-state index contributed by atoms with van der Waals surface area (Å²) in [7, 11) is 0. The molecule has 0 radical (unpaired) electrons. The topological polar surface area (TPSA) is 46.5 Å². The lowest BCUT2D eigenvalue weighted by atomic mass is 10.0. The molecule has 0 fully saturated rings. The van der Waals surface area contributed by atoms with E-state index in [9.17, 15) is 4.79 Å². The average Bonchev–Trinajstić information content (AvgIpc) is 2.03. The Morgan fingerprint density at radius 2 is 2.07 bits per heavy atom. The summed E-state index contributed by atoms with van der Waals surface area (Å²) in [6.45, 7) is 8.34. The van der Waals surface area contributed by atoms with Gasteiger partial charge >= 0.3 is 5.97 Å². The Labute approximate surface area is 86.5 Å². The van der Waals surface area contributed by atoms with E-state index in [1.807, 2.05) is 6.92 Å². The first kappa shape index (κ1) is 13.4. The molecule has 14 heavy (non-hydrogen) atoms. The number of rotatable bonds is 7. The van der Waals surface area contributed by atoms with Crippen LogP contribution in [0, 0.1) is 5.92 Å². The molecule has 0 rings (SSSR count). The Hall–Kier alpha value is -0.570. The van der Waals surface area contributed by atoms with E-state index in [2.05, 4.69) is 13.8 Å². The molecule has 84 valence electrons. The van der Waals surface area contributed by atoms with Crippen LogP contribution in [0.3, 0.4) is 0 Å². The molecule has 3 heteroatoms. The van der Waals surface area contributed by atoms with Crippen LogP contribution in [0.2, 0.25) is 0 Å². The van der Waals surface area contributed by atoms with Crippen LogP contribution in [-0.2, 0) is 9.53 Å². The summed E-state index contributed by atoms with van der Waals surface area (Å²) < 4.78 is 5.44. The maximum atomic E-state index is 11.0. The number of hydrogen-bond donors (Lipinski definition) is 1. The molecule has 0 bridgehead atoms. The number of hydrogen-bond acceptors (Lipinski definition) is 2. The molecular formula is C11H22O3. The van der Waals surface area contributed by atoms with E-state index in [4.69, 9.17) is 9.84 Å². The third kappa shape index (κ3) is 4.61. The molecule has 0 aliphatic rings. The molecular weight excluding hydrogens is 180 g/mol. The van der Waals surface area contributed by atoms with Gasteiger partial charge in [0, 0.05) is 6.61 Å². The van der Waals surface area contributed by atoms with Crippen molar-refractivity contribution < 1.29 is 14.6 Å². The predicted molar refractivity (Wildman–Crippen MR) is 56.4 cm³/mol. The van der Waals surface area contributed by atoms with Gasteiger partial charge in [0.05, 0.1) is 0 Å². The number of carboxylic acids is 1. The predicted octanol–water partition coefficient (Wildman–Crippen LogP) is 2.69. The highest BCUT2D eigenvalue weighted by molar-refractivity contribution is 5.76. The molecule has 0 saturated heterocycles. The van der Waals surface area contributed by atoms with Crippen LogP contribution < -0.4 is 0 Å². The molecule has 0 aliphatic heterocycles. The van der Waals surface area contributed by atoms with Crippen molar-refractivity contribution in [2.24, 2.45) is 5.92 Å². The molecule has 0 heterocycles. The minimum Gasteiger partial charge on any atom is -0.479 e. The number of carboxylic acid groups (broad SMARTS) is 1. The van der Waals surface area contributed by atoms with Crippen molar-refractivity contribution in [2.75, 3.05) is 6.61 Å². The summed E-state index contributed by atoms with van der Waals surface area (Å²) in [5.74, 6) is -0.308. The molecule has 1 unspecified atom stereocenters. The summed E-state index contributed by atoms with van der Waals surface area (Å²) in [6, 6.07) is 0. The SMILES string of the molecule is CCCC(C)(OCCC(C)C)C(=O)O. The number of ether oxygens (including phenoxy) is 1. The van der Waals surface area contributed by atoms with Crippen molar-refractivity contribution in [3.63, 3.8) is 0 Å². The summed E-state index contributed by atoms with van der Waals surface area (Å²) in [5, 5.41) is 9.00. The summed E-state index contributed by atoms with van der Waals surface area (Å²) >= 11 is 0. The van der Waals surface area contributed by atoms with Crippen molar-refractivity contribution >= 4 is 5.97 Å². The van der Waals surface area contributed by atoms with Crippen LogP contribution in [-0.4, -0.2) is 23.3 Å². The van der Waals surface area contributed by atoms with E-state index in [1.165, 1.54) is 0 Å². The quantitative estimate of drug-likeness (QED) is 0.690. The van der Waals surface area contributed by atoms with Gasteiger partial charge in [-0.1, -0.05) is 27.2 Å². The van der Waals surface area contributed by atoms with Crippen molar-refractivity contribution in [1.82, 2.24) is 0 Å². The minimum atomic E-state index is -0.996. The third-order valence-electron chi connectivity index (χ3n) is 2.30. The lowest BCUT2D eigenvalue weighted by molar-refractivity contribution is -0.165. The Bertz CT molecular complexity index is 177. The van der Waals surface area contributed by atoms with Gasteiger partial charge in [-0.2, -0.15) is 0 Å². The van der Waals surface area contributed by atoms with E-state index in [0.717, 1.165) is 12.8 Å². The Balaban J connectivity index is 4.03. The van der Waals surface area contributed by atoms with Gasteiger partial charge in [-0.05, 0) is 25.7 Å². The van der Waals surface area contributed by atoms with Crippen molar-refractivity contribution in [3.05, 3.63) is 0 Å². The van der Waals surface area contributed by atoms with Gasteiger partial charge in [-0.3, -0.25) is 0 Å². The van der Waals surface area contributed by atoms with Crippen LogP contribution in [0.25, 0.3) is 0 Å². The van der Waals surface area contributed by atoms with Crippen LogP contribution in [0.4, 0.5) is 0 Å². The zero-order valence-corrected chi connectivity index (χ0v) is 9.67. The maximum absolute atomic E-state index is 11.0. The molecule has 3 nitrogen and oxygen atoms in total. The fraction of sp³-hybridized carbons (Fsp3) is 0.909. The zero-order valence-electron chi connectivity index (χ0n) is 9.67. The van der Waals surface area contributed by atoms with Gasteiger partial charge in [-0.25, -0.2) is 4.79 Å². The van der Waals surface area contributed by atoms with Crippen LogP contribution in [0.5, 0.6) is 0 Å². The maximum Gasteiger partial charge on any atom is 0.335 e. The smallest absolute Gasteiger partial charge is 0.335 e. The van der Waals surface area contributed by atoms with Gasteiger partial charge < -0.3 is 9.84 Å². The van der Waals surface area contributed by atoms with Gasteiger partial charge in [0.2, 0.25) is 0 Å². The van der Waals surface area contributed by atoms with E-state index < -0.39 is 11.6 Å². The van der Waals surface area contributed by atoms with E-state index in [0.29, 0.717) is 18.9 Å². The van der Waals surface area contributed by atoms with Crippen LogP contribution >= 0.6 is 0 Å². The molecule has 1 N–H and O–H groups in total. The summed E-state index contributed by atoms with van der Waals surface area (Å²) in [4.78, 5) is 11.0. The lowest BCUT2D eigenvalue weighted by Gasteiger charge is -2.25.